The van der Waals surface area contributed by atoms with E-state index >= 15 is 0 Å². The van der Waals surface area contributed by atoms with Crippen molar-refractivity contribution in [3.8, 4) is 0 Å². The van der Waals surface area contributed by atoms with Crippen molar-refractivity contribution in [2.45, 2.75) is 141 Å². The summed E-state index contributed by atoms with van der Waals surface area (Å²) >= 11 is 12.6. The first-order chi connectivity index (χ1) is 28.7. The van der Waals surface area contributed by atoms with Crippen molar-refractivity contribution in [3.63, 3.8) is 0 Å². The number of carbonyl (C=O) groups excluding carboxylic acids is 3. The number of amides is 1. The molecule has 1 amide bonds. The molecule has 3 N–H and O–H groups in total. The molecule has 0 aliphatic carbocycles. The third-order valence-electron chi connectivity index (χ3n) is 9.87. The largest absolute Gasteiger partial charge is 0.472 e. The van der Waals surface area contributed by atoms with Crippen LogP contribution in [0, 0.1) is 0 Å². The van der Waals surface area contributed by atoms with Gasteiger partial charge in [-0.25, -0.2) is 4.57 Å². The van der Waals surface area contributed by atoms with Gasteiger partial charge in [0.2, 0.25) is 5.91 Å². The van der Waals surface area contributed by atoms with E-state index in [-0.39, 0.29) is 38.4 Å². The highest BCUT2D eigenvalue weighted by Crippen LogP contribution is 2.43. The van der Waals surface area contributed by atoms with E-state index in [0.29, 0.717) is 58.3 Å². The maximum absolute atomic E-state index is 12.8. The number of esters is 2. The number of benzene rings is 2. The van der Waals surface area contributed by atoms with Crippen LogP contribution in [0.1, 0.15) is 134 Å². The van der Waals surface area contributed by atoms with Crippen LogP contribution < -0.4 is 10.6 Å². The summed E-state index contributed by atoms with van der Waals surface area (Å²) < 4.78 is 34.2. The molecule has 2 atom stereocenters. The molecule has 1 unspecified atom stereocenters. The lowest BCUT2D eigenvalue weighted by Crippen LogP contribution is -2.37. The highest BCUT2D eigenvalue weighted by molar-refractivity contribution is 7.47. The first-order valence-electron chi connectivity index (χ1n) is 22.0. The second-order valence-corrected chi connectivity index (χ2v) is 18.7. The molecule has 0 bridgehead atoms. The number of quaternary nitrogens is 1. The predicted molar refractivity (Wildman–Crippen MR) is 242 cm³/mol. The van der Waals surface area contributed by atoms with Crippen LogP contribution in [-0.4, -0.2) is 87.4 Å². The van der Waals surface area contributed by atoms with Gasteiger partial charge in [0, 0.05) is 25.1 Å². The smallest absolute Gasteiger partial charge is 0.462 e. The summed E-state index contributed by atoms with van der Waals surface area (Å²) in [4.78, 5) is 48.4. The summed E-state index contributed by atoms with van der Waals surface area (Å²) in [6.45, 7) is 2.21. The first-order valence-corrected chi connectivity index (χ1v) is 24.3. The molecule has 0 radical (unpaired) electrons. The van der Waals surface area contributed by atoms with Crippen molar-refractivity contribution >= 4 is 60.2 Å². The van der Waals surface area contributed by atoms with Crippen LogP contribution in [0.3, 0.4) is 0 Å². The molecular formula is C45H73Cl2N3O9P+. The van der Waals surface area contributed by atoms with E-state index in [4.69, 9.17) is 41.7 Å². The second-order valence-electron chi connectivity index (χ2n) is 16.5. The van der Waals surface area contributed by atoms with Gasteiger partial charge in [-0.3, -0.25) is 23.4 Å². The Morgan fingerprint density at radius 2 is 1.27 bits per heavy atom. The van der Waals surface area contributed by atoms with Gasteiger partial charge < -0.3 is 29.5 Å². The van der Waals surface area contributed by atoms with Crippen molar-refractivity contribution in [2.75, 3.05) is 59.4 Å². The molecule has 340 valence electrons. The van der Waals surface area contributed by atoms with Crippen LogP contribution >= 0.6 is 31.0 Å². The quantitative estimate of drug-likeness (QED) is 0.0264. The molecule has 0 aliphatic heterocycles. The Labute approximate surface area is 369 Å². The van der Waals surface area contributed by atoms with Gasteiger partial charge in [0.05, 0.1) is 49.9 Å². The Bertz CT molecular complexity index is 1560. The van der Waals surface area contributed by atoms with Gasteiger partial charge in [-0.15, -0.1) is 0 Å². The number of phosphoric ester groups is 1. The second kappa shape index (κ2) is 31.2. The molecule has 0 aromatic heterocycles. The third kappa shape index (κ3) is 26.6. The molecule has 0 saturated heterocycles. The number of carbonyl (C=O) groups is 3. The number of ether oxygens (including phenoxy) is 2. The SMILES string of the molecule is CCCCCCCCCCCCCCCCCC(=O)OC[C@H](COP(=O)(O)OCC[N+](C)(C)C)OC(=O)CCCCNC(=O)Cc1ccccc1Nc1c(Cl)cccc1Cl. The molecule has 12 nitrogen and oxygen atoms in total. The number of hydrogen-bond donors (Lipinski definition) is 3. The topological polar surface area (TPSA) is 149 Å². The number of nitrogens with zero attached hydrogens (tertiary/aromatic N) is 1. The highest BCUT2D eigenvalue weighted by Gasteiger charge is 2.27. The van der Waals surface area contributed by atoms with E-state index in [1.54, 1.807) is 18.2 Å². The maximum Gasteiger partial charge on any atom is 0.472 e. The minimum Gasteiger partial charge on any atom is -0.462 e. The summed E-state index contributed by atoms with van der Waals surface area (Å²) in [6, 6.07) is 12.6. The standard InChI is InChI=1S/C45H72Cl2N3O9P/c1-5-6-7-8-9-10-11-12-13-14-15-16-17-18-19-29-43(52)56-35-38(36-58-60(54,55)57-33-32-50(2,3)4)59-44(53)30-22-23-31-48-42(51)34-37-25-20-21-28-41(37)49-45-39(46)26-24-27-40(45)47/h20-21,24-28,38,49H,5-19,22-23,29-36H2,1-4H3,(H-,48,51,54,55)/p+1/t38-/m1/s1. The molecule has 0 fully saturated rings. The van der Waals surface area contributed by atoms with Crippen LogP contribution in [-0.2, 0) is 43.9 Å². The fourth-order valence-electron chi connectivity index (χ4n) is 6.31. The minimum absolute atomic E-state index is 0.0155. The van der Waals surface area contributed by atoms with Crippen molar-refractivity contribution in [1.29, 1.82) is 0 Å². The summed E-state index contributed by atoms with van der Waals surface area (Å²) in [6.07, 6.45) is 18.5. The number of phosphoric acid groups is 1. The zero-order chi connectivity index (χ0) is 44.1. The number of rotatable bonds is 35. The molecular weight excluding hydrogens is 828 g/mol. The van der Waals surface area contributed by atoms with Gasteiger partial charge in [0.1, 0.15) is 19.8 Å². The molecule has 0 saturated carbocycles. The number of halogens is 2. The number of hydrogen-bond acceptors (Lipinski definition) is 9. The van der Waals surface area contributed by atoms with E-state index in [1.165, 1.54) is 70.6 Å². The van der Waals surface area contributed by atoms with Crippen molar-refractivity contribution in [2.24, 2.45) is 0 Å². The Balaban J connectivity index is 1.73. The molecule has 2 aromatic rings. The van der Waals surface area contributed by atoms with Gasteiger partial charge in [0.25, 0.3) is 0 Å². The van der Waals surface area contributed by atoms with Crippen LogP contribution in [0.15, 0.2) is 42.5 Å². The average molecular weight is 902 g/mol. The van der Waals surface area contributed by atoms with Crippen molar-refractivity contribution in [1.82, 2.24) is 5.32 Å². The molecule has 60 heavy (non-hydrogen) atoms. The number of likely N-dealkylation sites (N-methyl/N-ethyl adjacent to an activating group) is 1. The fourth-order valence-corrected chi connectivity index (χ4v) is 7.54. The van der Waals surface area contributed by atoms with E-state index in [9.17, 15) is 23.8 Å². The molecule has 0 heterocycles. The van der Waals surface area contributed by atoms with Crippen molar-refractivity contribution in [3.05, 3.63) is 58.1 Å². The van der Waals surface area contributed by atoms with Gasteiger partial charge >= 0.3 is 19.8 Å². The Morgan fingerprint density at radius 1 is 0.717 bits per heavy atom. The van der Waals surface area contributed by atoms with Gasteiger partial charge in [-0.2, -0.15) is 0 Å². The number of unbranched alkanes of at least 4 members (excludes halogenated alkanes) is 15. The Morgan fingerprint density at radius 3 is 1.87 bits per heavy atom. The lowest BCUT2D eigenvalue weighted by Gasteiger charge is -2.24. The Hall–Kier alpha value is -2.70. The minimum atomic E-state index is -4.46. The fraction of sp³-hybridized carbons (Fsp3) is 0.667. The average Bonchev–Trinajstić information content (AvgIpc) is 3.18. The predicted octanol–water partition coefficient (Wildman–Crippen LogP) is 11.1. The summed E-state index contributed by atoms with van der Waals surface area (Å²) in [5, 5.41) is 7.02. The maximum atomic E-state index is 12.8. The molecule has 0 aliphatic rings. The zero-order valence-electron chi connectivity index (χ0n) is 36.7. The van der Waals surface area contributed by atoms with Crippen LogP contribution in [0.2, 0.25) is 10.0 Å². The van der Waals surface area contributed by atoms with E-state index in [1.807, 2.05) is 45.4 Å². The van der Waals surface area contributed by atoms with Gasteiger partial charge in [0.15, 0.2) is 6.10 Å². The third-order valence-corrected chi connectivity index (χ3v) is 11.5. The normalized spacial score (nSPS) is 13.1. The molecule has 2 rings (SSSR count). The first kappa shape index (κ1) is 53.4. The summed E-state index contributed by atoms with van der Waals surface area (Å²) in [7, 11) is 1.30. The number of nitrogens with one attached hydrogen (secondary N) is 2. The van der Waals surface area contributed by atoms with Crippen LogP contribution in [0.25, 0.3) is 0 Å². The van der Waals surface area contributed by atoms with E-state index in [0.717, 1.165) is 24.8 Å². The lowest BCUT2D eigenvalue weighted by molar-refractivity contribution is -0.870. The van der Waals surface area contributed by atoms with E-state index < -0.39 is 32.5 Å². The molecule has 0 spiro atoms. The summed E-state index contributed by atoms with van der Waals surface area (Å²) in [5.74, 6) is -1.22. The number of para-hydroxylation sites is 2. The van der Waals surface area contributed by atoms with E-state index in [2.05, 4.69) is 17.6 Å². The van der Waals surface area contributed by atoms with Crippen LogP contribution in [0.4, 0.5) is 11.4 Å². The highest BCUT2D eigenvalue weighted by atomic mass is 35.5. The Kier molecular flexibility index (Phi) is 27.8. The van der Waals surface area contributed by atoms with Crippen molar-refractivity contribution < 1.29 is 46.8 Å². The lowest BCUT2D eigenvalue weighted by atomic mass is 10.0. The van der Waals surface area contributed by atoms with Gasteiger partial charge in [-0.1, -0.05) is 144 Å². The van der Waals surface area contributed by atoms with Gasteiger partial charge in [-0.05, 0) is 43.0 Å². The zero-order valence-corrected chi connectivity index (χ0v) is 39.1. The molecule has 2 aromatic carbocycles. The molecule has 15 heteroatoms. The summed E-state index contributed by atoms with van der Waals surface area (Å²) in [5.41, 5.74) is 2.01. The van der Waals surface area contributed by atoms with Crippen LogP contribution in [0.5, 0.6) is 0 Å². The number of anilines is 2. The monoisotopic (exact) mass is 900 g/mol.